The number of thiocarbonyl (C=S) groups is 1. The van der Waals surface area contributed by atoms with Crippen LogP contribution in [0.1, 0.15) is 20.3 Å². The van der Waals surface area contributed by atoms with Gasteiger partial charge >= 0.3 is 0 Å². The van der Waals surface area contributed by atoms with E-state index in [1.807, 2.05) is 13.8 Å². The summed E-state index contributed by atoms with van der Waals surface area (Å²) in [5.74, 6) is -0.620. The van der Waals surface area contributed by atoms with Crippen molar-refractivity contribution in [2.45, 2.75) is 32.4 Å². The average Bonchev–Trinajstić information content (AvgIpc) is 2.28. The van der Waals surface area contributed by atoms with E-state index < -0.39 is 6.04 Å². The fourth-order valence-corrected chi connectivity index (χ4v) is 2.26. The fraction of sp³-hybridized carbons (Fsp3) is 0.727. The minimum absolute atomic E-state index is 0.0279. The van der Waals surface area contributed by atoms with E-state index in [9.17, 15) is 9.59 Å². The maximum absolute atomic E-state index is 11.7. The monoisotopic (exact) mass is 273 g/mol. The van der Waals surface area contributed by atoms with Crippen LogP contribution < -0.4 is 10.6 Å². The highest BCUT2D eigenvalue weighted by Gasteiger charge is 2.34. The van der Waals surface area contributed by atoms with Crippen molar-refractivity contribution in [3.8, 4) is 0 Å². The standard InChI is InChI=1S/C11H19N3O3S/c1-4-8-10(16)13-9(15)5-14(8)11(18)12-7(2)6-17-3/h7-8H,4-6H2,1-3H3,(H,12,18)(H,13,15,16). The van der Waals surface area contributed by atoms with Gasteiger partial charge in [-0.1, -0.05) is 6.92 Å². The summed E-state index contributed by atoms with van der Waals surface area (Å²) in [7, 11) is 1.61. The smallest absolute Gasteiger partial charge is 0.249 e. The Kier molecular flexibility index (Phi) is 5.49. The normalized spacial score (nSPS) is 21.5. The molecule has 2 atom stereocenters. The molecule has 2 N–H and O–H groups in total. The number of hydrogen-bond donors (Lipinski definition) is 2. The van der Waals surface area contributed by atoms with E-state index in [1.165, 1.54) is 0 Å². The lowest BCUT2D eigenvalue weighted by Crippen LogP contribution is -2.62. The SMILES string of the molecule is CCC1C(=O)NC(=O)CN1C(=S)NC(C)COC. The quantitative estimate of drug-likeness (QED) is 0.538. The van der Waals surface area contributed by atoms with E-state index in [4.69, 9.17) is 17.0 Å². The first-order valence-corrected chi connectivity index (χ1v) is 6.30. The first kappa shape index (κ1) is 14.8. The Bertz CT molecular complexity index is 348. The van der Waals surface area contributed by atoms with Crippen molar-refractivity contribution >= 4 is 29.1 Å². The lowest BCUT2D eigenvalue weighted by molar-refractivity contribution is -0.137. The first-order valence-electron chi connectivity index (χ1n) is 5.89. The summed E-state index contributed by atoms with van der Waals surface area (Å²) in [6.07, 6.45) is 0.597. The molecule has 2 amide bonds. The number of carbonyl (C=O) groups is 2. The third-order valence-electron chi connectivity index (χ3n) is 2.69. The molecule has 0 radical (unpaired) electrons. The number of carbonyl (C=O) groups excluding carboxylic acids is 2. The molecule has 2 unspecified atom stereocenters. The topological polar surface area (TPSA) is 70.7 Å². The summed E-state index contributed by atoms with van der Waals surface area (Å²) < 4.78 is 5.00. The predicted molar refractivity (Wildman–Crippen MR) is 71.0 cm³/mol. The molecule has 1 rings (SSSR count). The van der Waals surface area contributed by atoms with Gasteiger partial charge in [0, 0.05) is 13.2 Å². The van der Waals surface area contributed by atoms with Gasteiger partial charge in [0.1, 0.15) is 12.6 Å². The van der Waals surface area contributed by atoms with Gasteiger partial charge < -0.3 is 15.0 Å². The highest BCUT2D eigenvalue weighted by atomic mass is 32.1. The van der Waals surface area contributed by atoms with Crippen LogP contribution in [0.5, 0.6) is 0 Å². The molecule has 0 aliphatic carbocycles. The number of ether oxygens (including phenoxy) is 1. The highest BCUT2D eigenvalue weighted by Crippen LogP contribution is 2.09. The van der Waals surface area contributed by atoms with E-state index in [0.717, 1.165) is 0 Å². The molecule has 1 fully saturated rings. The molecule has 6 nitrogen and oxygen atoms in total. The summed E-state index contributed by atoms with van der Waals surface area (Å²) >= 11 is 5.24. The van der Waals surface area contributed by atoms with Crippen LogP contribution in [-0.2, 0) is 14.3 Å². The van der Waals surface area contributed by atoms with Crippen molar-refractivity contribution in [1.82, 2.24) is 15.5 Å². The van der Waals surface area contributed by atoms with E-state index in [1.54, 1.807) is 12.0 Å². The number of amides is 2. The third kappa shape index (κ3) is 3.64. The molecule has 0 aromatic heterocycles. The molecule has 0 aromatic rings. The van der Waals surface area contributed by atoms with Crippen LogP contribution in [-0.4, -0.2) is 54.2 Å². The second kappa shape index (κ2) is 6.65. The zero-order valence-electron chi connectivity index (χ0n) is 10.9. The van der Waals surface area contributed by atoms with Gasteiger partial charge in [0.05, 0.1) is 6.61 Å². The molecular formula is C11H19N3O3S. The number of hydrogen-bond acceptors (Lipinski definition) is 4. The van der Waals surface area contributed by atoms with Crippen molar-refractivity contribution in [3.63, 3.8) is 0 Å². The summed E-state index contributed by atoms with van der Waals surface area (Å²) in [5, 5.41) is 5.78. The summed E-state index contributed by atoms with van der Waals surface area (Å²) in [6.45, 7) is 4.41. The number of imide groups is 1. The number of piperazine rings is 1. The molecule has 7 heteroatoms. The Morgan fingerprint density at radius 1 is 1.67 bits per heavy atom. The van der Waals surface area contributed by atoms with E-state index >= 15 is 0 Å². The van der Waals surface area contributed by atoms with Gasteiger partial charge in [-0.25, -0.2) is 0 Å². The second-order valence-electron chi connectivity index (χ2n) is 4.27. The van der Waals surface area contributed by atoms with E-state index in [-0.39, 0.29) is 24.4 Å². The molecule has 0 spiro atoms. The molecule has 0 aromatic carbocycles. The van der Waals surface area contributed by atoms with Crippen LogP contribution in [0, 0.1) is 0 Å². The van der Waals surface area contributed by atoms with Crippen LogP contribution in [0.25, 0.3) is 0 Å². The number of rotatable bonds is 4. The van der Waals surface area contributed by atoms with Crippen molar-refractivity contribution in [2.24, 2.45) is 0 Å². The van der Waals surface area contributed by atoms with Gasteiger partial charge in [-0.3, -0.25) is 14.9 Å². The van der Waals surface area contributed by atoms with Crippen LogP contribution in [0.3, 0.4) is 0 Å². The zero-order valence-corrected chi connectivity index (χ0v) is 11.7. The summed E-state index contributed by atoms with van der Waals surface area (Å²) in [4.78, 5) is 24.7. The summed E-state index contributed by atoms with van der Waals surface area (Å²) in [5.41, 5.74) is 0. The maximum atomic E-state index is 11.7. The molecule has 1 aliphatic heterocycles. The van der Waals surface area contributed by atoms with Crippen molar-refractivity contribution in [2.75, 3.05) is 20.3 Å². The van der Waals surface area contributed by atoms with E-state index in [2.05, 4.69) is 10.6 Å². The molecule has 1 aliphatic rings. The molecule has 102 valence electrons. The number of nitrogens with one attached hydrogen (secondary N) is 2. The van der Waals surface area contributed by atoms with Gasteiger partial charge in [0.25, 0.3) is 0 Å². The summed E-state index contributed by atoms with van der Waals surface area (Å²) in [6, 6.07) is -0.363. The Morgan fingerprint density at radius 3 is 2.89 bits per heavy atom. The number of nitrogens with zero attached hydrogens (tertiary/aromatic N) is 1. The van der Waals surface area contributed by atoms with Crippen molar-refractivity contribution in [1.29, 1.82) is 0 Å². The lowest BCUT2D eigenvalue weighted by Gasteiger charge is -2.36. The minimum Gasteiger partial charge on any atom is -0.383 e. The Hall–Kier alpha value is -1.21. The molecule has 1 saturated heterocycles. The lowest BCUT2D eigenvalue weighted by atomic mass is 10.1. The van der Waals surface area contributed by atoms with Gasteiger partial charge in [-0.2, -0.15) is 0 Å². The van der Waals surface area contributed by atoms with Crippen molar-refractivity contribution in [3.05, 3.63) is 0 Å². The van der Waals surface area contributed by atoms with Crippen LogP contribution >= 0.6 is 12.2 Å². The Morgan fingerprint density at radius 2 is 2.33 bits per heavy atom. The minimum atomic E-state index is -0.391. The second-order valence-corrected chi connectivity index (χ2v) is 4.66. The number of methoxy groups -OCH3 is 1. The van der Waals surface area contributed by atoms with Crippen LogP contribution in [0.2, 0.25) is 0 Å². The molecule has 0 saturated carbocycles. The third-order valence-corrected chi connectivity index (χ3v) is 3.04. The molecular weight excluding hydrogens is 254 g/mol. The van der Waals surface area contributed by atoms with Gasteiger partial charge in [0.2, 0.25) is 11.8 Å². The Balaban J connectivity index is 2.68. The average molecular weight is 273 g/mol. The predicted octanol–water partition coefficient (Wildman–Crippen LogP) is -0.367. The van der Waals surface area contributed by atoms with Gasteiger partial charge in [0.15, 0.2) is 5.11 Å². The first-order chi connectivity index (χ1) is 8.49. The largest absolute Gasteiger partial charge is 0.383 e. The van der Waals surface area contributed by atoms with Gasteiger partial charge in [-0.15, -0.1) is 0 Å². The molecule has 18 heavy (non-hydrogen) atoms. The van der Waals surface area contributed by atoms with Crippen LogP contribution in [0.15, 0.2) is 0 Å². The van der Waals surface area contributed by atoms with Crippen LogP contribution in [0.4, 0.5) is 0 Å². The molecule has 1 heterocycles. The maximum Gasteiger partial charge on any atom is 0.249 e. The van der Waals surface area contributed by atoms with Crippen molar-refractivity contribution < 1.29 is 14.3 Å². The zero-order chi connectivity index (χ0) is 13.7. The Labute approximate surface area is 112 Å². The molecule has 0 bridgehead atoms. The fourth-order valence-electron chi connectivity index (χ4n) is 1.87. The van der Waals surface area contributed by atoms with E-state index in [0.29, 0.717) is 18.1 Å². The van der Waals surface area contributed by atoms with Gasteiger partial charge in [-0.05, 0) is 25.6 Å². The highest BCUT2D eigenvalue weighted by molar-refractivity contribution is 7.80.